The Morgan fingerprint density at radius 3 is 2.80 bits per heavy atom. The van der Waals surface area contributed by atoms with Crippen molar-refractivity contribution in [3.8, 4) is 0 Å². The van der Waals surface area contributed by atoms with E-state index in [2.05, 4.69) is 10.3 Å². The van der Waals surface area contributed by atoms with Gasteiger partial charge in [-0.05, 0) is 51.2 Å². The Balaban J connectivity index is 1.58. The topological polar surface area (TPSA) is 130 Å². The van der Waals surface area contributed by atoms with Gasteiger partial charge in [0.15, 0.2) is 10.8 Å². The molecule has 2 N–H and O–H groups in total. The fraction of sp³-hybridized carbons (Fsp3) is 0.444. The number of aromatic nitrogens is 1. The quantitative estimate of drug-likeness (QED) is 0.444. The number of amidine groups is 1. The third-order valence-electron chi connectivity index (χ3n) is 7.95. The number of hydrogen-bond donors (Lipinski definition) is 2. The van der Waals surface area contributed by atoms with Crippen LogP contribution in [0.3, 0.4) is 0 Å². The number of hydrogen-bond acceptors (Lipinski definition) is 9. The van der Waals surface area contributed by atoms with Crippen molar-refractivity contribution in [2.45, 2.75) is 56.7 Å². The number of cyclic esters (lactones) is 1. The van der Waals surface area contributed by atoms with Crippen molar-refractivity contribution in [1.82, 2.24) is 15.2 Å². The molecular formula is C27H28ClFN4O6S. The van der Waals surface area contributed by atoms with Gasteiger partial charge in [-0.2, -0.15) is 0 Å². The summed E-state index contributed by atoms with van der Waals surface area (Å²) in [6.07, 6.45) is 2.04. The zero-order valence-electron chi connectivity index (χ0n) is 22.1. The molecule has 0 bridgehead atoms. The summed E-state index contributed by atoms with van der Waals surface area (Å²) >= 11 is 7.79. The predicted octanol–water partition coefficient (Wildman–Crippen LogP) is 4.70. The standard InChI is InChI=1S/C27H28ClFN4O6S/c1-26(2)27(13-19(34)35)12-14(6-8-33(27)25(37)39-26)10-18-20(24(36)38-3)21(16-5-4-15(29)11-17(16)28)32-22(31-18)23-30-7-9-40-23/h4-5,7,9,11,14,21H,6,8,10,12-13H2,1-3H3,(H,31,32)(H,34,35)/t14?,21-,27-/m0/s1. The number of aliphatic carboxylic acids is 1. The summed E-state index contributed by atoms with van der Waals surface area (Å²) in [4.78, 5) is 48.5. The van der Waals surface area contributed by atoms with E-state index in [1.165, 1.54) is 35.5 Å². The van der Waals surface area contributed by atoms with Gasteiger partial charge in [-0.1, -0.05) is 17.7 Å². The smallest absolute Gasteiger partial charge is 0.411 e. The lowest BCUT2D eigenvalue weighted by atomic mass is 9.69. The molecular weight excluding hydrogens is 563 g/mol. The van der Waals surface area contributed by atoms with Gasteiger partial charge in [0.1, 0.15) is 17.5 Å². The minimum atomic E-state index is -1.06. The Morgan fingerprint density at radius 2 is 2.15 bits per heavy atom. The SMILES string of the molecule is COC(=O)C1=C(CC2CCN3C(=O)OC(C)(C)[C@@]3(CC(=O)O)C2)NC(c2nccs2)=N[C@H]1c1ccc(F)cc1Cl. The van der Waals surface area contributed by atoms with Gasteiger partial charge < -0.3 is 19.9 Å². The number of fused-ring (bicyclic) bond motifs is 1. The number of halogens is 2. The van der Waals surface area contributed by atoms with Crippen molar-refractivity contribution in [2.75, 3.05) is 13.7 Å². The highest BCUT2D eigenvalue weighted by Crippen LogP contribution is 2.50. The van der Waals surface area contributed by atoms with Crippen LogP contribution >= 0.6 is 22.9 Å². The lowest BCUT2D eigenvalue weighted by Crippen LogP contribution is -2.60. The van der Waals surface area contributed by atoms with Crippen molar-refractivity contribution in [2.24, 2.45) is 10.9 Å². The molecule has 0 saturated carbocycles. The molecule has 0 spiro atoms. The number of esters is 1. The average molecular weight is 591 g/mol. The van der Waals surface area contributed by atoms with E-state index in [4.69, 9.17) is 26.1 Å². The van der Waals surface area contributed by atoms with Crippen LogP contribution in [0.15, 0.2) is 46.0 Å². The fourth-order valence-corrected chi connectivity index (χ4v) is 6.88. The Hall–Kier alpha value is -3.51. The number of piperidine rings is 1. The highest BCUT2D eigenvalue weighted by Gasteiger charge is 2.63. The maximum Gasteiger partial charge on any atom is 0.411 e. The molecule has 10 nitrogen and oxygen atoms in total. The monoisotopic (exact) mass is 590 g/mol. The number of nitrogens with zero attached hydrogens (tertiary/aromatic N) is 3. The lowest BCUT2D eigenvalue weighted by Gasteiger charge is -2.48. The summed E-state index contributed by atoms with van der Waals surface area (Å²) in [5, 5.41) is 15.5. The van der Waals surface area contributed by atoms with Crippen LogP contribution in [-0.4, -0.2) is 63.7 Å². The lowest BCUT2D eigenvalue weighted by molar-refractivity contribution is -0.143. The van der Waals surface area contributed by atoms with E-state index in [1.807, 2.05) is 0 Å². The van der Waals surface area contributed by atoms with Gasteiger partial charge in [0.25, 0.3) is 0 Å². The van der Waals surface area contributed by atoms with Crippen LogP contribution in [0.4, 0.5) is 9.18 Å². The predicted molar refractivity (Wildman–Crippen MR) is 145 cm³/mol. The second-order valence-electron chi connectivity index (χ2n) is 10.6. The summed E-state index contributed by atoms with van der Waals surface area (Å²) in [7, 11) is 1.26. The maximum atomic E-state index is 13.9. The van der Waals surface area contributed by atoms with Crippen LogP contribution in [0.25, 0.3) is 0 Å². The number of methoxy groups -OCH3 is 1. The number of carboxylic acid groups (broad SMARTS) is 1. The highest BCUT2D eigenvalue weighted by molar-refractivity contribution is 7.11. The van der Waals surface area contributed by atoms with Crippen LogP contribution < -0.4 is 5.32 Å². The average Bonchev–Trinajstić information content (AvgIpc) is 3.48. The fourth-order valence-electron chi connectivity index (χ4n) is 6.02. The molecule has 3 atom stereocenters. The minimum Gasteiger partial charge on any atom is -0.481 e. The molecule has 1 aromatic heterocycles. The number of nitrogens with one attached hydrogen (secondary N) is 1. The molecule has 0 aliphatic carbocycles. The summed E-state index contributed by atoms with van der Waals surface area (Å²) in [6, 6.07) is 3.00. The number of thiazole rings is 1. The number of carbonyl (C=O) groups excluding carboxylic acids is 2. The van der Waals surface area contributed by atoms with Gasteiger partial charge in [-0.15, -0.1) is 11.3 Å². The van der Waals surface area contributed by atoms with Crippen molar-refractivity contribution < 1.29 is 33.4 Å². The van der Waals surface area contributed by atoms with E-state index < -0.39 is 41.0 Å². The van der Waals surface area contributed by atoms with Gasteiger partial charge in [0, 0.05) is 34.4 Å². The van der Waals surface area contributed by atoms with Gasteiger partial charge >= 0.3 is 18.0 Å². The third kappa shape index (κ3) is 4.83. The number of amides is 1. The van der Waals surface area contributed by atoms with Crippen LogP contribution in [-0.2, 0) is 19.1 Å². The minimum absolute atomic E-state index is 0.104. The van der Waals surface area contributed by atoms with Gasteiger partial charge in [0.2, 0.25) is 0 Å². The Morgan fingerprint density at radius 1 is 1.38 bits per heavy atom. The molecule has 1 unspecified atom stereocenters. The van der Waals surface area contributed by atoms with E-state index in [0.717, 1.165) is 6.07 Å². The molecule has 1 aromatic carbocycles. The number of allylic oxidation sites excluding steroid dienone is 1. The second-order valence-corrected chi connectivity index (χ2v) is 11.9. The first-order valence-corrected chi connectivity index (χ1v) is 13.9. The molecule has 2 aromatic rings. The Labute approximate surface area is 238 Å². The molecule has 40 heavy (non-hydrogen) atoms. The van der Waals surface area contributed by atoms with Crippen molar-refractivity contribution in [1.29, 1.82) is 0 Å². The van der Waals surface area contributed by atoms with E-state index in [-0.39, 0.29) is 22.9 Å². The molecule has 0 radical (unpaired) electrons. The summed E-state index contributed by atoms with van der Waals surface area (Å²) in [5.74, 6) is -1.91. The summed E-state index contributed by atoms with van der Waals surface area (Å²) in [5.41, 5.74) is -0.956. The second kappa shape index (κ2) is 10.5. The number of aliphatic imine (C=N–C) groups is 1. The first kappa shape index (κ1) is 28.0. The molecule has 13 heteroatoms. The number of benzene rings is 1. The van der Waals surface area contributed by atoms with Crippen LogP contribution in [0, 0.1) is 11.7 Å². The third-order valence-corrected chi connectivity index (χ3v) is 9.05. The highest BCUT2D eigenvalue weighted by atomic mass is 35.5. The normalized spacial score (nSPS) is 25.6. The first-order chi connectivity index (χ1) is 19.0. The number of rotatable bonds is 7. The first-order valence-electron chi connectivity index (χ1n) is 12.7. The van der Waals surface area contributed by atoms with Gasteiger partial charge in [-0.25, -0.2) is 19.0 Å². The van der Waals surface area contributed by atoms with Crippen LogP contribution in [0.2, 0.25) is 5.02 Å². The van der Waals surface area contributed by atoms with E-state index >= 15 is 0 Å². The molecule has 3 aliphatic heterocycles. The van der Waals surface area contributed by atoms with Gasteiger partial charge in [-0.3, -0.25) is 14.7 Å². The molecule has 212 valence electrons. The maximum absolute atomic E-state index is 13.9. The molecule has 4 heterocycles. The van der Waals surface area contributed by atoms with Crippen LogP contribution in [0.5, 0.6) is 0 Å². The molecule has 2 saturated heterocycles. The van der Waals surface area contributed by atoms with Gasteiger partial charge in [0.05, 0.1) is 24.6 Å². The summed E-state index contributed by atoms with van der Waals surface area (Å²) in [6.45, 7) is 3.77. The number of carboxylic acids is 1. The van der Waals surface area contributed by atoms with Crippen molar-refractivity contribution >= 4 is 46.8 Å². The Bertz CT molecular complexity index is 1430. The summed E-state index contributed by atoms with van der Waals surface area (Å²) < 4.78 is 24.7. The zero-order chi connectivity index (χ0) is 28.8. The number of carbonyl (C=O) groups is 3. The van der Waals surface area contributed by atoms with Crippen molar-refractivity contribution in [3.63, 3.8) is 0 Å². The molecule has 3 aliphatic rings. The Kier molecular flexibility index (Phi) is 7.34. The van der Waals surface area contributed by atoms with E-state index in [9.17, 15) is 23.9 Å². The van der Waals surface area contributed by atoms with Crippen molar-refractivity contribution in [3.05, 3.63) is 62.5 Å². The molecule has 5 rings (SSSR count). The molecule has 1 amide bonds. The van der Waals surface area contributed by atoms with E-state index in [1.54, 1.807) is 25.4 Å². The zero-order valence-corrected chi connectivity index (χ0v) is 23.6. The van der Waals surface area contributed by atoms with Crippen LogP contribution in [0.1, 0.15) is 56.1 Å². The number of ether oxygens (including phenoxy) is 2. The molecule has 2 fully saturated rings. The largest absolute Gasteiger partial charge is 0.481 e. The van der Waals surface area contributed by atoms with E-state index in [0.29, 0.717) is 47.9 Å².